The monoisotopic (exact) mass is 345 g/mol. The number of ether oxygens (including phenoxy) is 1. The van der Waals surface area contributed by atoms with E-state index in [0.717, 1.165) is 0 Å². The topological polar surface area (TPSA) is 52.4 Å². The molecule has 2 unspecified atom stereocenters. The lowest BCUT2D eigenvalue weighted by atomic mass is 10.0. The molecule has 0 radical (unpaired) electrons. The molecule has 0 aromatic carbocycles. The Bertz CT molecular complexity index is 541. The number of rotatable bonds is 4. The van der Waals surface area contributed by atoms with Gasteiger partial charge in [0.1, 0.15) is 0 Å². The molecule has 22 heavy (non-hydrogen) atoms. The molecule has 0 amide bonds. The number of alkyl halides is 7. The van der Waals surface area contributed by atoms with Crippen LogP contribution in [0.3, 0.4) is 0 Å². The largest absolute Gasteiger partial charge is 0.439 e. The molecule has 0 aliphatic heterocycles. The van der Waals surface area contributed by atoms with Crippen LogP contribution < -0.4 is 0 Å². The van der Waals surface area contributed by atoms with Crippen molar-refractivity contribution in [3.63, 3.8) is 0 Å². The molecular formula is C9H4F9NO3. The summed E-state index contributed by atoms with van der Waals surface area (Å²) in [5, 5.41) is 10.3. The number of allylic oxidation sites excluding steroid dienone is 1. The Kier molecular flexibility index (Phi) is 4.40. The number of halogens is 9. The molecule has 1 aliphatic carbocycles. The minimum absolute atomic E-state index is 0.0991. The van der Waals surface area contributed by atoms with Gasteiger partial charge in [0.15, 0.2) is 5.83 Å². The van der Waals surface area contributed by atoms with Gasteiger partial charge in [-0.25, -0.2) is 8.78 Å². The highest BCUT2D eigenvalue weighted by Crippen LogP contribution is 2.43. The second-order valence-electron chi connectivity index (χ2n) is 3.98. The van der Waals surface area contributed by atoms with Crippen molar-refractivity contribution in [3.8, 4) is 0 Å². The summed E-state index contributed by atoms with van der Waals surface area (Å²) in [5.41, 5.74) is 0. The van der Waals surface area contributed by atoms with Crippen molar-refractivity contribution in [1.29, 1.82) is 0 Å². The van der Waals surface area contributed by atoms with Crippen LogP contribution in [0.1, 0.15) is 6.42 Å². The van der Waals surface area contributed by atoms with E-state index >= 15 is 0 Å². The van der Waals surface area contributed by atoms with Gasteiger partial charge in [-0.3, -0.25) is 10.1 Å². The summed E-state index contributed by atoms with van der Waals surface area (Å²) < 4.78 is 117. The average molecular weight is 345 g/mol. The number of hydrogen-bond acceptors (Lipinski definition) is 3. The highest BCUT2D eigenvalue weighted by molar-refractivity contribution is 5.31. The van der Waals surface area contributed by atoms with E-state index in [9.17, 15) is 49.6 Å². The van der Waals surface area contributed by atoms with Crippen molar-refractivity contribution >= 4 is 0 Å². The smallest absolute Gasteiger partial charge is 0.424 e. The van der Waals surface area contributed by atoms with Crippen molar-refractivity contribution in [3.05, 3.63) is 33.6 Å². The summed E-state index contributed by atoms with van der Waals surface area (Å²) in [6.45, 7) is 0. The van der Waals surface area contributed by atoms with Crippen LogP contribution in [0.4, 0.5) is 39.5 Å². The average Bonchev–Trinajstić information content (AvgIpc) is 2.37. The standard InChI is InChI=1S/C9H4F9NO3/c10-3-1-2-7(13,19(20)21)5(11)4(3)22-9(17,18)6(12)8(14,15)16/h1,6H,2H2. The maximum absolute atomic E-state index is 13.5. The van der Waals surface area contributed by atoms with Crippen molar-refractivity contribution in [2.75, 3.05) is 0 Å². The zero-order valence-electron chi connectivity index (χ0n) is 9.94. The Morgan fingerprint density at radius 2 is 1.77 bits per heavy atom. The molecule has 0 bridgehead atoms. The van der Waals surface area contributed by atoms with E-state index in [4.69, 9.17) is 0 Å². The van der Waals surface area contributed by atoms with Crippen LogP contribution in [0.2, 0.25) is 0 Å². The lowest BCUT2D eigenvalue weighted by Gasteiger charge is -2.26. The van der Waals surface area contributed by atoms with Gasteiger partial charge in [0.2, 0.25) is 5.76 Å². The van der Waals surface area contributed by atoms with Crippen LogP contribution >= 0.6 is 0 Å². The Morgan fingerprint density at radius 1 is 1.27 bits per heavy atom. The van der Waals surface area contributed by atoms with E-state index in [-0.39, 0.29) is 6.08 Å². The fourth-order valence-corrected chi connectivity index (χ4v) is 1.31. The molecule has 13 heteroatoms. The minimum Gasteiger partial charge on any atom is -0.424 e. The molecule has 0 saturated carbocycles. The summed E-state index contributed by atoms with van der Waals surface area (Å²) in [6, 6.07) is 0. The first-order valence-corrected chi connectivity index (χ1v) is 5.10. The molecular weight excluding hydrogens is 341 g/mol. The van der Waals surface area contributed by atoms with Gasteiger partial charge in [-0.1, -0.05) is 0 Å². The molecule has 126 valence electrons. The van der Waals surface area contributed by atoms with Gasteiger partial charge in [-0.2, -0.15) is 30.7 Å². The second-order valence-corrected chi connectivity index (χ2v) is 3.98. The molecule has 0 saturated heterocycles. The number of nitrogens with zero attached hydrogens (tertiary/aromatic N) is 1. The molecule has 1 rings (SSSR count). The van der Waals surface area contributed by atoms with E-state index in [1.54, 1.807) is 0 Å². The Hall–Kier alpha value is -1.95. The summed E-state index contributed by atoms with van der Waals surface area (Å²) >= 11 is 0. The van der Waals surface area contributed by atoms with E-state index in [2.05, 4.69) is 4.74 Å². The van der Waals surface area contributed by atoms with Gasteiger partial charge in [-0.05, 0) is 6.08 Å². The zero-order chi connectivity index (χ0) is 17.5. The third-order valence-electron chi connectivity index (χ3n) is 2.41. The Morgan fingerprint density at radius 3 is 2.18 bits per heavy atom. The summed E-state index contributed by atoms with van der Waals surface area (Å²) in [4.78, 5) is 8.34. The molecule has 0 fully saturated rings. The van der Waals surface area contributed by atoms with Crippen LogP contribution in [0.5, 0.6) is 0 Å². The molecule has 4 nitrogen and oxygen atoms in total. The predicted octanol–water partition coefficient (Wildman–Crippen LogP) is 3.88. The first-order valence-electron chi connectivity index (χ1n) is 5.10. The zero-order valence-corrected chi connectivity index (χ0v) is 9.94. The Labute approximate surface area is 115 Å². The lowest BCUT2D eigenvalue weighted by molar-refractivity contribution is -0.596. The van der Waals surface area contributed by atoms with E-state index in [1.165, 1.54) is 0 Å². The third kappa shape index (κ3) is 3.11. The molecule has 1 aliphatic rings. The molecule has 0 aromatic heterocycles. The third-order valence-corrected chi connectivity index (χ3v) is 2.41. The number of nitro groups is 1. The van der Waals surface area contributed by atoms with Crippen molar-refractivity contribution < 1.29 is 49.2 Å². The van der Waals surface area contributed by atoms with Crippen molar-refractivity contribution in [1.82, 2.24) is 0 Å². The highest BCUT2D eigenvalue weighted by Gasteiger charge is 2.61. The fraction of sp³-hybridized carbons (Fsp3) is 0.556. The van der Waals surface area contributed by atoms with E-state index < -0.39 is 53.0 Å². The Balaban J connectivity index is 3.24. The van der Waals surface area contributed by atoms with Gasteiger partial charge in [0.05, 0.1) is 11.3 Å². The molecule has 0 aromatic rings. The van der Waals surface area contributed by atoms with Gasteiger partial charge >= 0.3 is 18.1 Å². The number of hydrogen-bond donors (Lipinski definition) is 0. The highest BCUT2D eigenvalue weighted by atomic mass is 19.4. The minimum atomic E-state index is -6.16. The normalized spacial score (nSPS) is 24.9. The quantitative estimate of drug-likeness (QED) is 0.336. The lowest BCUT2D eigenvalue weighted by Crippen LogP contribution is -2.44. The van der Waals surface area contributed by atoms with Crippen LogP contribution in [0.15, 0.2) is 23.5 Å². The van der Waals surface area contributed by atoms with Crippen LogP contribution in [0, 0.1) is 10.1 Å². The molecule has 2 atom stereocenters. The summed E-state index contributed by atoms with van der Waals surface area (Å²) in [7, 11) is 0. The summed E-state index contributed by atoms with van der Waals surface area (Å²) in [6.07, 6.45) is -18.7. The molecule has 0 N–H and O–H groups in total. The SMILES string of the molecule is O=[N+]([O-])C1(F)CC=C(F)C(OC(F)(F)C(F)C(F)(F)F)=C1F. The van der Waals surface area contributed by atoms with Crippen LogP contribution in [-0.2, 0) is 4.74 Å². The predicted molar refractivity (Wildman–Crippen MR) is 49.8 cm³/mol. The van der Waals surface area contributed by atoms with E-state index in [0.29, 0.717) is 0 Å². The van der Waals surface area contributed by atoms with E-state index in [1.807, 2.05) is 0 Å². The van der Waals surface area contributed by atoms with Gasteiger partial charge in [-0.15, -0.1) is 0 Å². The fourth-order valence-electron chi connectivity index (χ4n) is 1.31. The summed E-state index contributed by atoms with van der Waals surface area (Å²) in [5.74, 6) is -11.7. The van der Waals surface area contributed by atoms with Crippen LogP contribution in [0.25, 0.3) is 0 Å². The molecule has 0 heterocycles. The van der Waals surface area contributed by atoms with Crippen molar-refractivity contribution in [2.24, 2.45) is 0 Å². The van der Waals surface area contributed by atoms with Crippen molar-refractivity contribution in [2.45, 2.75) is 30.7 Å². The first kappa shape index (κ1) is 18.1. The molecule has 0 spiro atoms. The maximum Gasteiger partial charge on any atom is 0.439 e. The van der Waals surface area contributed by atoms with Gasteiger partial charge in [0.25, 0.3) is 12.0 Å². The first-order chi connectivity index (χ1) is 9.73. The van der Waals surface area contributed by atoms with Crippen LogP contribution in [-0.4, -0.2) is 29.2 Å². The van der Waals surface area contributed by atoms with Gasteiger partial charge in [0, 0.05) is 0 Å². The maximum atomic E-state index is 13.5. The second kappa shape index (κ2) is 5.35. The van der Waals surface area contributed by atoms with Gasteiger partial charge < -0.3 is 4.74 Å².